The number of benzene rings is 2. The summed E-state index contributed by atoms with van der Waals surface area (Å²) in [5, 5.41) is 17.7. The molecular formula is C16H17FO5. The molecule has 0 radical (unpaired) electrons. The van der Waals surface area contributed by atoms with Crippen LogP contribution >= 0.6 is 0 Å². The quantitative estimate of drug-likeness (QED) is 0.908. The first-order chi connectivity index (χ1) is 10.5. The second-order valence-electron chi connectivity index (χ2n) is 4.21. The highest BCUT2D eigenvalue weighted by atomic mass is 19.1. The Morgan fingerprint density at radius 1 is 1.09 bits per heavy atom. The van der Waals surface area contributed by atoms with Crippen molar-refractivity contribution in [1.82, 2.24) is 0 Å². The summed E-state index contributed by atoms with van der Waals surface area (Å²) in [4.78, 5) is 10.2. The van der Waals surface area contributed by atoms with Crippen molar-refractivity contribution in [1.29, 1.82) is 0 Å². The number of carbonyl (C=O) groups is 1. The number of methoxy groups -OCH3 is 2. The Balaban J connectivity index is 0.000000220. The Kier molecular flexibility index (Phi) is 6.69. The number of hydrogen-bond donors (Lipinski definition) is 2. The average molecular weight is 308 g/mol. The fraction of sp³-hybridized carbons (Fsp3) is 0.188. The molecule has 2 aromatic rings. The van der Waals surface area contributed by atoms with E-state index in [4.69, 9.17) is 14.6 Å². The molecule has 0 fully saturated rings. The predicted molar refractivity (Wildman–Crippen MR) is 79.0 cm³/mol. The molecule has 2 aromatic carbocycles. The van der Waals surface area contributed by atoms with E-state index < -0.39 is 11.8 Å². The highest BCUT2D eigenvalue weighted by molar-refractivity contribution is 5.70. The minimum atomic E-state index is -0.949. The van der Waals surface area contributed by atoms with Crippen LogP contribution in [-0.2, 0) is 11.2 Å². The minimum absolute atomic E-state index is 0.0394. The minimum Gasteiger partial charge on any atom is -0.502 e. The van der Waals surface area contributed by atoms with Crippen LogP contribution in [0.4, 0.5) is 4.39 Å². The van der Waals surface area contributed by atoms with Gasteiger partial charge in [-0.3, -0.25) is 4.79 Å². The first-order valence-corrected chi connectivity index (χ1v) is 6.34. The molecule has 0 unspecified atom stereocenters. The third-order valence-corrected chi connectivity index (χ3v) is 2.65. The van der Waals surface area contributed by atoms with Crippen molar-refractivity contribution in [3.05, 3.63) is 53.8 Å². The lowest BCUT2D eigenvalue weighted by Gasteiger charge is -2.06. The second-order valence-corrected chi connectivity index (χ2v) is 4.21. The first-order valence-electron chi connectivity index (χ1n) is 6.34. The summed E-state index contributed by atoms with van der Waals surface area (Å²) in [6.45, 7) is 0. The van der Waals surface area contributed by atoms with Crippen LogP contribution in [0.2, 0.25) is 0 Å². The normalized spacial score (nSPS) is 9.41. The molecule has 0 aliphatic heterocycles. The standard InChI is InChI=1S/C8H7FO2.C8H10O3/c9-7-3-1-2-6(4-7)5-8(10)11;1-10-6-4-3-5-7(11-2)8(6)9/h1-4H,5H2,(H,10,11);3-5,9H,1-2H3. The molecule has 0 spiro atoms. The number of hydrogen-bond acceptors (Lipinski definition) is 4. The summed E-state index contributed by atoms with van der Waals surface area (Å²) in [5.41, 5.74) is 0.484. The molecule has 2 N–H and O–H groups in total. The van der Waals surface area contributed by atoms with Crippen LogP contribution in [0.15, 0.2) is 42.5 Å². The highest BCUT2D eigenvalue weighted by Gasteiger charge is 2.05. The molecule has 22 heavy (non-hydrogen) atoms. The van der Waals surface area contributed by atoms with Crippen LogP contribution in [0.25, 0.3) is 0 Å². The number of aromatic hydroxyl groups is 1. The Bertz CT molecular complexity index is 605. The third-order valence-electron chi connectivity index (χ3n) is 2.65. The number of rotatable bonds is 4. The van der Waals surface area contributed by atoms with Crippen LogP contribution in [0, 0.1) is 5.82 Å². The van der Waals surface area contributed by atoms with Crippen LogP contribution < -0.4 is 9.47 Å². The Hall–Kier alpha value is -2.76. The molecule has 2 rings (SSSR count). The van der Waals surface area contributed by atoms with Gasteiger partial charge in [0.1, 0.15) is 5.82 Å². The van der Waals surface area contributed by atoms with Crippen molar-refractivity contribution in [3.8, 4) is 17.2 Å². The Labute approximate surface area is 127 Å². The number of carboxylic acids is 1. The molecule has 0 aliphatic carbocycles. The Morgan fingerprint density at radius 3 is 2.09 bits per heavy atom. The molecule has 0 aromatic heterocycles. The lowest BCUT2D eigenvalue weighted by molar-refractivity contribution is -0.136. The Morgan fingerprint density at radius 2 is 1.64 bits per heavy atom. The second kappa shape index (κ2) is 8.51. The molecular weight excluding hydrogens is 291 g/mol. The van der Waals surface area contributed by atoms with Gasteiger partial charge in [-0.25, -0.2) is 4.39 Å². The van der Waals surface area contributed by atoms with Crippen molar-refractivity contribution >= 4 is 5.97 Å². The summed E-state index contributed by atoms with van der Waals surface area (Å²) >= 11 is 0. The van der Waals surface area contributed by atoms with E-state index in [0.29, 0.717) is 17.1 Å². The maximum absolute atomic E-state index is 12.4. The van der Waals surface area contributed by atoms with E-state index in [1.165, 1.54) is 32.4 Å². The van der Waals surface area contributed by atoms with Gasteiger partial charge in [-0.2, -0.15) is 0 Å². The highest BCUT2D eigenvalue weighted by Crippen LogP contribution is 2.34. The van der Waals surface area contributed by atoms with E-state index in [1.54, 1.807) is 24.3 Å². The van der Waals surface area contributed by atoms with Gasteiger partial charge < -0.3 is 19.7 Å². The molecule has 0 bridgehead atoms. The van der Waals surface area contributed by atoms with E-state index in [2.05, 4.69) is 0 Å². The van der Waals surface area contributed by atoms with Crippen molar-refractivity contribution < 1.29 is 28.9 Å². The van der Waals surface area contributed by atoms with Crippen LogP contribution in [-0.4, -0.2) is 30.4 Å². The zero-order valence-corrected chi connectivity index (χ0v) is 12.2. The lowest BCUT2D eigenvalue weighted by Crippen LogP contribution is -1.99. The first kappa shape index (κ1) is 17.3. The number of phenolic OH excluding ortho intramolecular Hbond substituents is 1. The summed E-state index contributed by atoms with van der Waals surface area (Å²) in [6, 6.07) is 10.7. The summed E-state index contributed by atoms with van der Waals surface area (Å²) in [6.07, 6.45) is -0.127. The molecule has 0 atom stereocenters. The largest absolute Gasteiger partial charge is 0.502 e. The van der Waals surface area contributed by atoms with Gasteiger partial charge in [0.2, 0.25) is 5.75 Å². The van der Waals surface area contributed by atoms with E-state index in [1.807, 2.05) is 0 Å². The van der Waals surface area contributed by atoms with E-state index in [-0.39, 0.29) is 12.2 Å². The van der Waals surface area contributed by atoms with Gasteiger partial charge in [0.05, 0.1) is 20.6 Å². The van der Waals surface area contributed by atoms with Crippen molar-refractivity contribution in [3.63, 3.8) is 0 Å². The smallest absolute Gasteiger partial charge is 0.307 e. The molecule has 6 heteroatoms. The van der Waals surface area contributed by atoms with Crippen LogP contribution in [0.5, 0.6) is 17.2 Å². The maximum atomic E-state index is 12.4. The lowest BCUT2D eigenvalue weighted by atomic mass is 10.1. The maximum Gasteiger partial charge on any atom is 0.307 e. The molecule has 118 valence electrons. The summed E-state index contributed by atoms with van der Waals surface area (Å²) in [7, 11) is 2.99. The van der Waals surface area contributed by atoms with Crippen molar-refractivity contribution in [2.24, 2.45) is 0 Å². The number of halogens is 1. The number of phenols is 1. The SMILES string of the molecule is COc1cccc(OC)c1O.O=C(O)Cc1cccc(F)c1. The molecule has 0 heterocycles. The van der Waals surface area contributed by atoms with Crippen LogP contribution in [0.3, 0.4) is 0 Å². The van der Waals surface area contributed by atoms with E-state index >= 15 is 0 Å². The monoisotopic (exact) mass is 308 g/mol. The fourth-order valence-electron chi connectivity index (χ4n) is 1.65. The van der Waals surface area contributed by atoms with Gasteiger partial charge in [-0.05, 0) is 29.8 Å². The van der Waals surface area contributed by atoms with Gasteiger partial charge >= 0.3 is 5.97 Å². The van der Waals surface area contributed by atoms with Gasteiger partial charge in [-0.1, -0.05) is 18.2 Å². The molecule has 0 amide bonds. The fourth-order valence-corrected chi connectivity index (χ4v) is 1.65. The van der Waals surface area contributed by atoms with Crippen molar-refractivity contribution in [2.75, 3.05) is 14.2 Å². The summed E-state index contributed by atoms with van der Waals surface area (Å²) < 4.78 is 22.1. The zero-order chi connectivity index (χ0) is 16.5. The number of para-hydroxylation sites is 1. The van der Waals surface area contributed by atoms with E-state index in [9.17, 15) is 14.3 Å². The van der Waals surface area contributed by atoms with Crippen LogP contribution in [0.1, 0.15) is 5.56 Å². The van der Waals surface area contributed by atoms with Gasteiger partial charge in [0.25, 0.3) is 0 Å². The topological polar surface area (TPSA) is 76.0 Å². The van der Waals surface area contributed by atoms with Gasteiger partial charge in [-0.15, -0.1) is 0 Å². The number of carboxylic acid groups (broad SMARTS) is 1. The average Bonchev–Trinajstić information content (AvgIpc) is 2.47. The molecule has 0 aliphatic rings. The van der Waals surface area contributed by atoms with Gasteiger partial charge in [0, 0.05) is 0 Å². The molecule has 0 saturated heterocycles. The molecule has 5 nitrogen and oxygen atoms in total. The third kappa shape index (κ3) is 5.32. The van der Waals surface area contributed by atoms with Crippen molar-refractivity contribution in [2.45, 2.75) is 6.42 Å². The number of aliphatic carboxylic acids is 1. The zero-order valence-electron chi connectivity index (χ0n) is 12.2. The number of ether oxygens (including phenoxy) is 2. The summed E-state index contributed by atoms with van der Waals surface area (Å²) in [5.74, 6) is -0.467. The predicted octanol–water partition coefficient (Wildman–Crippen LogP) is 2.86. The van der Waals surface area contributed by atoms with Gasteiger partial charge in [0.15, 0.2) is 11.5 Å². The molecule has 0 saturated carbocycles. The van der Waals surface area contributed by atoms with E-state index in [0.717, 1.165) is 0 Å².